The van der Waals surface area contributed by atoms with Gasteiger partial charge in [0.25, 0.3) is 5.91 Å². The normalized spacial score (nSPS) is 16.5. The highest BCUT2D eigenvalue weighted by Crippen LogP contribution is 2.26. The Balaban J connectivity index is 1.19. The molecule has 0 radical (unpaired) electrons. The summed E-state index contributed by atoms with van der Waals surface area (Å²) in [6.45, 7) is 4.68. The number of furan rings is 1. The fraction of sp³-hybridized carbons (Fsp3) is 0.455. The summed E-state index contributed by atoms with van der Waals surface area (Å²) >= 11 is 2.86. The molecule has 2 amide bonds. The molecule has 2 aliphatic rings. The molecule has 0 spiro atoms. The number of carbonyl (C=O) groups is 2. The van der Waals surface area contributed by atoms with Gasteiger partial charge >= 0.3 is 0 Å². The Bertz CT molecular complexity index is 1070. The summed E-state index contributed by atoms with van der Waals surface area (Å²) in [6.07, 6.45) is 3.96. The van der Waals surface area contributed by atoms with Crippen molar-refractivity contribution in [1.82, 2.24) is 24.6 Å². The molecule has 33 heavy (non-hydrogen) atoms. The number of piperazine rings is 1. The molecule has 11 heteroatoms. The first-order valence-corrected chi connectivity index (χ1v) is 13.0. The number of rotatable bonds is 7. The molecule has 3 aromatic rings. The van der Waals surface area contributed by atoms with Crippen LogP contribution < -0.4 is 4.90 Å². The SMILES string of the molecule is O=C(CSc1nnc(N2CCCC2)n1Cc1ccco1)N1CCN(C(=O)c2cccs2)CC1. The first-order valence-electron chi connectivity index (χ1n) is 11.1. The van der Waals surface area contributed by atoms with Gasteiger partial charge in [0.15, 0.2) is 5.16 Å². The molecule has 5 heterocycles. The van der Waals surface area contributed by atoms with E-state index in [1.807, 2.05) is 44.0 Å². The smallest absolute Gasteiger partial charge is 0.264 e. The van der Waals surface area contributed by atoms with Gasteiger partial charge < -0.3 is 19.1 Å². The number of amides is 2. The molecule has 174 valence electrons. The Morgan fingerprint density at radius 3 is 2.48 bits per heavy atom. The molecule has 0 aliphatic carbocycles. The van der Waals surface area contributed by atoms with E-state index in [-0.39, 0.29) is 17.6 Å². The summed E-state index contributed by atoms with van der Waals surface area (Å²) in [6, 6.07) is 7.53. The van der Waals surface area contributed by atoms with Crippen molar-refractivity contribution in [3.05, 3.63) is 46.5 Å². The van der Waals surface area contributed by atoms with Crippen molar-refractivity contribution >= 4 is 40.9 Å². The number of thioether (sulfide) groups is 1. The van der Waals surface area contributed by atoms with Crippen molar-refractivity contribution < 1.29 is 14.0 Å². The summed E-state index contributed by atoms with van der Waals surface area (Å²) in [4.78, 5) is 32.1. The summed E-state index contributed by atoms with van der Waals surface area (Å²) in [5, 5.41) is 11.4. The first kappa shape index (κ1) is 22.0. The molecular formula is C22H26N6O3S2. The lowest BCUT2D eigenvalue weighted by atomic mass is 10.3. The summed E-state index contributed by atoms with van der Waals surface area (Å²) in [5.74, 6) is 2.05. The van der Waals surface area contributed by atoms with Crippen LogP contribution in [0.1, 0.15) is 28.3 Å². The second-order valence-electron chi connectivity index (χ2n) is 8.08. The average Bonchev–Trinajstić information content (AvgIpc) is 3.65. The van der Waals surface area contributed by atoms with Crippen molar-refractivity contribution in [3.8, 4) is 0 Å². The van der Waals surface area contributed by atoms with E-state index in [0.717, 1.165) is 42.5 Å². The van der Waals surface area contributed by atoms with Crippen LogP contribution in [0.5, 0.6) is 0 Å². The van der Waals surface area contributed by atoms with Crippen LogP contribution in [0.3, 0.4) is 0 Å². The maximum atomic E-state index is 12.9. The highest BCUT2D eigenvalue weighted by molar-refractivity contribution is 7.99. The quantitative estimate of drug-likeness (QED) is 0.475. The van der Waals surface area contributed by atoms with E-state index in [0.29, 0.717) is 37.9 Å². The third-order valence-corrected chi connectivity index (χ3v) is 7.77. The average molecular weight is 487 g/mol. The van der Waals surface area contributed by atoms with Crippen LogP contribution in [0.2, 0.25) is 0 Å². The molecule has 5 rings (SSSR count). The van der Waals surface area contributed by atoms with Crippen molar-refractivity contribution in [1.29, 1.82) is 0 Å². The van der Waals surface area contributed by atoms with Gasteiger partial charge in [0.2, 0.25) is 11.9 Å². The van der Waals surface area contributed by atoms with Crippen molar-refractivity contribution in [3.63, 3.8) is 0 Å². The number of aromatic nitrogens is 3. The van der Waals surface area contributed by atoms with E-state index < -0.39 is 0 Å². The van der Waals surface area contributed by atoms with Gasteiger partial charge in [-0.25, -0.2) is 0 Å². The Morgan fingerprint density at radius 2 is 1.79 bits per heavy atom. The number of nitrogens with zero attached hydrogens (tertiary/aromatic N) is 6. The minimum atomic E-state index is 0.0481. The third-order valence-electron chi connectivity index (χ3n) is 5.96. The van der Waals surface area contributed by atoms with E-state index in [2.05, 4.69) is 15.1 Å². The van der Waals surface area contributed by atoms with Gasteiger partial charge in [-0.2, -0.15) is 0 Å². The molecular weight excluding hydrogens is 460 g/mol. The topological polar surface area (TPSA) is 87.7 Å². The molecule has 2 aliphatic heterocycles. The molecule has 2 saturated heterocycles. The number of anilines is 1. The molecule has 2 fully saturated rings. The van der Waals surface area contributed by atoms with Gasteiger partial charge in [0, 0.05) is 39.3 Å². The van der Waals surface area contributed by atoms with Crippen molar-refractivity contribution in [2.75, 3.05) is 49.9 Å². The van der Waals surface area contributed by atoms with Gasteiger partial charge in [-0.15, -0.1) is 21.5 Å². The Hall–Kier alpha value is -2.79. The highest BCUT2D eigenvalue weighted by Gasteiger charge is 2.27. The lowest BCUT2D eigenvalue weighted by Crippen LogP contribution is -2.51. The first-order chi connectivity index (χ1) is 16.2. The molecule has 0 unspecified atom stereocenters. The van der Waals surface area contributed by atoms with Crippen LogP contribution in [0.15, 0.2) is 45.5 Å². The Morgan fingerprint density at radius 1 is 1.00 bits per heavy atom. The highest BCUT2D eigenvalue weighted by atomic mass is 32.2. The monoisotopic (exact) mass is 486 g/mol. The number of carbonyl (C=O) groups excluding carboxylic acids is 2. The maximum absolute atomic E-state index is 12.9. The van der Waals surface area contributed by atoms with E-state index in [4.69, 9.17) is 4.42 Å². The van der Waals surface area contributed by atoms with Gasteiger partial charge in [-0.3, -0.25) is 14.2 Å². The maximum Gasteiger partial charge on any atom is 0.264 e. The molecule has 0 bridgehead atoms. The van der Waals surface area contributed by atoms with E-state index >= 15 is 0 Å². The van der Waals surface area contributed by atoms with Gasteiger partial charge in [0.1, 0.15) is 5.76 Å². The lowest BCUT2D eigenvalue weighted by molar-refractivity contribution is -0.129. The Labute approximate surface area is 200 Å². The number of hydrogen-bond acceptors (Lipinski definition) is 8. The minimum absolute atomic E-state index is 0.0481. The third kappa shape index (κ3) is 4.93. The van der Waals surface area contributed by atoms with Crippen molar-refractivity contribution in [2.45, 2.75) is 24.5 Å². The minimum Gasteiger partial charge on any atom is -0.467 e. The number of thiophene rings is 1. The van der Waals surface area contributed by atoms with E-state index in [1.165, 1.54) is 23.1 Å². The molecule has 0 aromatic carbocycles. The number of hydrogen-bond donors (Lipinski definition) is 0. The zero-order valence-electron chi connectivity index (χ0n) is 18.3. The summed E-state index contributed by atoms with van der Waals surface area (Å²) < 4.78 is 7.59. The van der Waals surface area contributed by atoms with Crippen LogP contribution in [0.4, 0.5) is 5.95 Å². The summed E-state index contributed by atoms with van der Waals surface area (Å²) in [5.41, 5.74) is 0. The zero-order chi connectivity index (χ0) is 22.6. The lowest BCUT2D eigenvalue weighted by Gasteiger charge is -2.34. The van der Waals surface area contributed by atoms with Gasteiger partial charge in [-0.1, -0.05) is 17.8 Å². The van der Waals surface area contributed by atoms with Gasteiger partial charge in [0.05, 0.1) is 23.4 Å². The standard InChI is InChI=1S/C22H26N6O3S2/c29-19(25-9-11-26(12-10-25)20(30)18-6-4-14-32-18)16-33-22-24-23-21(27-7-1-2-8-27)28(22)15-17-5-3-13-31-17/h3-6,13-14H,1-2,7-12,15-16H2. The van der Waals surface area contributed by atoms with Crippen LogP contribution in [-0.4, -0.2) is 81.4 Å². The zero-order valence-corrected chi connectivity index (χ0v) is 19.9. The van der Waals surface area contributed by atoms with Crippen LogP contribution >= 0.6 is 23.1 Å². The van der Waals surface area contributed by atoms with Crippen molar-refractivity contribution in [2.24, 2.45) is 0 Å². The molecule has 0 saturated carbocycles. The second kappa shape index (κ2) is 10.0. The predicted octanol–water partition coefficient (Wildman–Crippen LogP) is 2.66. The fourth-order valence-corrected chi connectivity index (χ4v) is 5.69. The largest absolute Gasteiger partial charge is 0.467 e. The van der Waals surface area contributed by atoms with Crippen LogP contribution in [0.25, 0.3) is 0 Å². The fourth-order valence-electron chi connectivity index (χ4n) is 4.17. The van der Waals surface area contributed by atoms with Crippen LogP contribution in [0, 0.1) is 0 Å². The predicted molar refractivity (Wildman–Crippen MR) is 127 cm³/mol. The van der Waals surface area contributed by atoms with E-state index in [9.17, 15) is 9.59 Å². The van der Waals surface area contributed by atoms with Gasteiger partial charge in [-0.05, 0) is 36.4 Å². The molecule has 0 N–H and O–H groups in total. The second-order valence-corrected chi connectivity index (χ2v) is 9.97. The molecule has 3 aromatic heterocycles. The van der Waals surface area contributed by atoms with E-state index in [1.54, 1.807) is 6.26 Å². The summed E-state index contributed by atoms with van der Waals surface area (Å²) in [7, 11) is 0. The molecule has 0 atom stereocenters. The Kier molecular flexibility index (Phi) is 6.68. The van der Waals surface area contributed by atoms with Crippen LogP contribution in [-0.2, 0) is 11.3 Å². The molecule has 9 nitrogen and oxygen atoms in total.